The first-order valence-corrected chi connectivity index (χ1v) is 5.65. The minimum atomic E-state index is -4.46. The molecule has 0 amide bonds. The Kier molecular flexibility index (Phi) is 3.13. The molecule has 0 radical (unpaired) electrons. The van der Waals surface area contributed by atoms with E-state index in [0.29, 0.717) is 0 Å². The average Bonchev–Trinajstić information content (AvgIpc) is 2.67. The quantitative estimate of drug-likeness (QED) is 0.818. The number of nitrogens with zero attached hydrogens (tertiary/aromatic N) is 2. The molecule has 0 bridgehead atoms. The van der Waals surface area contributed by atoms with E-state index in [0.717, 1.165) is 30.8 Å². The monoisotopic (exact) mass is 249 g/mol. The van der Waals surface area contributed by atoms with Crippen molar-refractivity contribution >= 4 is 16.7 Å². The number of hydrogen-bond acceptors (Lipinski definition) is 4. The Hall–Kier alpha value is -1.11. The Bertz CT molecular complexity index is 386. The molecule has 0 saturated heterocycles. The van der Waals surface area contributed by atoms with Crippen LogP contribution in [0.15, 0.2) is 12.2 Å². The van der Waals surface area contributed by atoms with Gasteiger partial charge in [-0.25, -0.2) is 0 Å². The van der Waals surface area contributed by atoms with Crippen LogP contribution in [0.25, 0.3) is 0 Å². The molecule has 7 heteroatoms. The third-order valence-corrected chi connectivity index (χ3v) is 2.92. The van der Waals surface area contributed by atoms with Crippen molar-refractivity contribution in [3.63, 3.8) is 0 Å². The van der Waals surface area contributed by atoms with Crippen LogP contribution in [0.5, 0.6) is 0 Å². The van der Waals surface area contributed by atoms with Gasteiger partial charge in [0.2, 0.25) is 11.0 Å². The molecule has 1 atom stereocenters. The van der Waals surface area contributed by atoms with Crippen molar-refractivity contribution in [2.75, 3.05) is 5.32 Å². The van der Waals surface area contributed by atoms with Crippen LogP contribution in [-0.4, -0.2) is 15.4 Å². The summed E-state index contributed by atoms with van der Waals surface area (Å²) in [6.45, 7) is 0. The van der Waals surface area contributed by atoms with Gasteiger partial charge in [0, 0.05) is 17.6 Å². The van der Waals surface area contributed by atoms with Gasteiger partial charge in [-0.05, 0) is 19.3 Å². The molecule has 1 heterocycles. The summed E-state index contributed by atoms with van der Waals surface area (Å²) in [5.74, 6) is -1.06. The minimum absolute atomic E-state index is 0.166. The second kappa shape index (κ2) is 4.40. The Morgan fingerprint density at radius 3 is 2.75 bits per heavy atom. The van der Waals surface area contributed by atoms with Crippen LogP contribution in [0.3, 0.4) is 0 Å². The van der Waals surface area contributed by atoms with E-state index < -0.39 is 12.0 Å². The zero-order chi connectivity index (χ0) is 11.6. The van der Waals surface area contributed by atoms with Gasteiger partial charge >= 0.3 is 6.18 Å². The maximum Gasteiger partial charge on any atom is 0.452 e. The van der Waals surface area contributed by atoms with E-state index in [1.165, 1.54) is 0 Å². The number of anilines is 1. The predicted molar refractivity (Wildman–Crippen MR) is 55.3 cm³/mol. The highest BCUT2D eigenvalue weighted by molar-refractivity contribution is 7.09. The first-order valence-electron chi connectivity index (χ1n) is 4.88. The Balaban J connectivity index is 2.00. The van der Waals surface area contributed by atoms with E-state index in [-0.39, 0.29) is 11.2 Å². The summed E-state index contributed by atoms with van der Waals surface area (Å²) in [6.07, 6.45) is 2.32. The molecule has 1 N–H and O–H groups in total. The summed E-state index contributed by atoms with van der Waals surface area (Å²) >= 11 is 0.754. The molecule has 1 aliphatic carbocycles. The SMILES string of the molecule is FC(F)(F)c1nsc(NC2CC=CCC2)n1. The Labute approximate surface area is 94.6 Å². The van der Waals surface area contributed by atoms with Crippen molar-refractivity contribution in [2.45, 2.75) is 31.5 Å². The van der Waals surface area contributed by atoms with Gasteiger partial charge in [0.05, 0.1) is 0 Å². The number of hydrogen-bond donors (Lipinski definition) is 1. The molecular formula is C9H10F3N3S. The predicted octanol–water partition coefficient (Wildman–Crippen LogP) is 3.08. The second-order valence-electron chi connectivity index (χ2n) is 3.55. The van der Waals surface area contributed by atoms with E-state index in [1.807, 2.05) is 6.08 Å². The minimum Gasteiger partial charge on any atom is -0.357 e. The van der Waals surface area contributed by atoms with Gasteiger partial charge in [0.15, 0.2) is 0 Å². The zero-order valence-corrected chi connectivity index (χ0v) is 9.11. The first kappa shape index (κ1) is 11.4. The summed E-state index contributed by atoms with van der Waals surface area (Å²) in [5, 5.41) is 3.21. The number of aromatic nitrogens is 2. The summed E-state index contributed by atoms with van der Waals surface area (Å²) in [7, 11) is 0. The lowest BCUT2D eigenvalue weighted by Crippen LogP contribution is -2.20. The molecule has 0 saturated carbocycles. The molecular weight excluding hydrogens is 239 g/mol. The molecule has 1 aliphatic rings. The molecule has 16 heavy (non-hydrogen) atoms. The molecule has 0 aliphatic heterocycles. The lowest BCUT2D eigenvalue weighted by Gasteiger charge is -2.18. The fourth-order valence-electron chi connectivity index (χ4n) is 1.50. The normalized spacial score (nSPS) is 21.1. The highest BCUT2D eigenvalue weighted by Crippen LogP contribution is 2.29. The molecule has 1 aromatic heterocycles. The highest BCUT2D eigenvalue weighted by atomic mass is 32.1. The molecule has 1 unspecified atom stereocenters. The standard InChI is InChI=1S/C9H10F3N3S/c10-9(11,12)7-14-8(16-15-7)13-6-4-2-1-3-5-6/h1-2,6H,3-5H2,(H,13,14,15). The van der Waals surface area contributed by atoms with Gasteiger partial charge in [-0.2, -0.15) is 22.5 Å². The van der Waals surface area contributed by atoms with Crippen LogP contribution in [-0.2, 0) is 6.18 Å². The van der Waals surface area contributed by atoms with E-state index >= 15 is 0 Å². The topological polar surface area (TPSA) is 37.8 Å². The number of nitrogens with one attached hydrogen (secondary N) is 1. The first-order chi connectivity index (χ1) is 7.55. The maximum atomic E-state index is 12.2. The third kappa shape index (κ3) is 2.72. The van der Waals surface area contributed by atoms with E-state index in [2.05, 4.69) is 20.8 Å². The van der Waals surface area contributed by atoms with Crippen molar-refractivity contribution in [1.82, 2.24) is 9.36 Å². The molecule has 1 aromatic rings. The van der Waals surface area contributed by atoms with Crippen molar-refractivity contribution < 1.29 is 13.2 Å². The van der Waals surface area contributed by atoms with Crippen molar-refractivity contribution in [3.8, 4) is 0 Å². The number of alkyl halides is 3. The van der Waals surface area contributed by atoms with Crippen LogP contribution in [0.4, 0.5) is 18.3 Å². The summed E-state index contributed by atoms with van der Waals surface area (Å²) in [4.78, 5) is 3.42. The number of rotatable bonds is 2. The average molecular weight is 249 g/mol. The second-order valence-corrected chi connectivity index (χ2v) is 4.30. The molecule has 0 fully saturated rings. The third-order valence-electron chi connectivity index (χ3n) is 2.28. The van der Waals surface area contributed by atoms with Gasteiger partial charge < -0.3 is 5.32 Å². The van der Waals surface area contributed by atoms with Gasteiger partial charge in [-0.3, -0.25) is 0 Å². The fraction of sp³-hybridized carbons (Fsp3) is 0.556. The van der Waals surface area contributed by atoms with Crippen LogP contribution >= 0.6 is 11.5 Å². The van der Waals surface area contributed by atoms with Gasteiger partial charge in [0.25, 0.3) is 0 Å². The smallest absolute Gasteiger partial charge is 0.357 e. The number of allylic oxidation sites excluding steroid dienone is 1. The van der Waals surface area contributed by atoms with Crippen LogP contribution in [0, 0.1) is 0 Å². The van der Waals surface area contributed by atoms with Crippen molar-refractivity contribution in [3.05, 3.63) is 18.0 Å². The van der Waals surface area contributed by atoms with Crippen LogP contribution in [0.2, 0.25) is 0 Å². The molecule has 3 nitrogen and oxygen atoms in total. The molecule has 0 aromatic carbocycles. The van der Waals surface area contributed by atoms with Crippen molar-refractivity contribution in [1.29, 1.82) is 0 Å². The molecule has 0 spiro atoms. The van der Waals surface area contributed by atoms with E-state index in [1.54, 1.807) is 0 Å². The number of halogens is 3. The van der Waals surface area contributed by atoms with Gasteiger partial charge in [0.1, 0.15) is 0 Å². The van der Waals surface area contributed by atoms with Gasteiger partial charge in [-0.15, -0.1) is 0 Å². The van der Waals surface area contributed by atoms with Crippen molar-refractivity contribution in [2.24, 2.45) is 0 Å². The van der Waals surface area contributed by atoms with E-state index in [9.17, 15) is 13.2 Å². The largest absolute Gasteiger partial charge is 0.452 e. The Morgan fingerprint density at radius 1 is 1.38 bits per heavy atom. The summed E-state index contributed by atoms with van der Waals surface area (Å²) in [5.41, 5.74) is 0. The lowest BCUT2D eigenvalue weighted by molar-refractivity contribution is -0.144. The summed E-state index contributed by atoms with van der Waals surface area (Å²) < 4.78 is 39.9. The van der Waals surface area contributed by atoms with Crippen LogP contribution < -0.4 is 5.32 Å². The maximum absolute atomic E-state index is 12.2. The highest BCUT2D eigenvalue weighted by Gasteiger charge is 2.36. The van der Waals surface area contributed by atoms with Crippen LogP contribution in [0.1, 0.15) is 25.1 Å². The molecule has 2 rings (SSSR count). The molecule has 88 valence electrons. The van der Waals surface area contributed by atoms with E-state index in [4.69, 9.17) is 0 Å². The Morgan fingerprint density at radius 2 is 2.19 bits per heavy atom. The zero-order valence-electron chi connectivity index (χ0n) is 8.29. The lowest BCUT2D eigenvalue weighted by atomic mass is 10.0. The van der Waals surface area contributed by atoms with Gasteiger partial charge in [-0.1, -0.05) is 12.2 Å². The fourth-order valence-corrected chi connectivity index (χ4v) is 2.16. The summed E-state index contributed by atoms with van der Waals surface area (Å²) in [6, 6.07) is 0.166.